The van der Waals surface area contributed by atoms with Gasteiger partial charge in [-0.1, -0.05) is 42.0 Å². The fourth-order valence-corrected chi connectivity index (χ4v) is 2.68. The van der Waals surface area contributed by atoms with Gasteiger partial charge >= 0.3 is 0 Å². The molecule has 0 fully saturated rings. The number of carbonyl (C=O) groups excluding carboxylic acids is 1. The standard InChI is InChI=1S/C19H21N3O2/c1-14-7-8-17-16(11-14)12-21-22(17)10-9-19(24)20-13-18(23)15-5-3-2-4-6-15/h2-8,11-12,18,23H,9-10,13H2,1H3,(H,20,24). The molecule has 1 aromatic heterocycles. The fourth-order valence-electron chi connectivity index (χ4n) is 2.68. The molecule has 2 N–H and O–H groups in total. The van der Waals surface area contributed by atoms with E-state index in [1.807, 2.05) is 60.3 Å². The number of aryl methyl sites for hydroxylation is 2. The van der Waals surface area contributed by atoms with Crippen molar-refractivity contribution in [3.8, 4) is 0 Å². The molecular formula is C19H21N3O2. The summed E-state index contributed by atoms with van der Waals surface area (Å²) in [6.07, 6.45) is 1.45. The normalized spacial score (nSPS) is 12.2. The Hall–Kier alpha value is -2.66. The smallest absolute Gasteiger partial charge is 0.221 e. The highest BCUT2D eigenvalue weighted by Gasteiger charge is 2.10. The van der Waals surface area contributed by atoms with Crippen LogP contribution in [-0.4, -0.2) is 27.3 Å². The quantitative estimate of drug-likeness (QED) is 0.733. The Labute approximate surface area is 140 Å². The summed E-state index contributed by atoms with van der Waals surface area (Å²) in [5.41, 5.74) is 3.01. The van der Waals surface area contributed by atoms with Gasteiger partial charge in [0.15, 0.2) is 0 Å². The highest BCUT2D eigenvalue weighted by Crippen LogP contribution is 2.15. The molecule has 0 saturated carbocycles. The van der Waals surface area contributed by atoms with Crippen molar-refractivity contribution in [2.45, 2.75) is 26.0 Å². The number of hydrogen-bond donors (Lipinski definition) is 2. The van der Waals surface area contributed by atoms with Crippen LogP contribution in [0.15, 0.2) is 54.7 Å². The second-order valence-electron chi connectivity index (χ2n) is 5.91. The molecule has 0 saturated heterocycles. The average Bonchev–Trinajstić information content (AvgIpc) is 3.00. The van der Waals surface area contributed by atoms with Gasteiger partial charge in [0.1, 0.15) is 0 Å². The number of aromatic nitrogens is 2. The van der Waals surface area contributed by atoms with E-state index in [-0.39, 0.29) is 12.5 Å². The van der Waals surface area contributed by atoms with Crippen molar-refractivity contribution in [3.05, 3.63) is 65.9 Å². The summed E-state index contributed by atoms with van der Waals surface area (Å²) in [7, 11) is 0. The zero-order valence-electron chi connectivity index (χ0n) is 13.6. The number of rotatable bonds is 6. The molecule has 2 aromatic carbocycles. The molecule has 0 aliphatic heterocycles. The number of benzene rings is 2. The van der Waals surface area contributed by atoms with Gasteiger partial charge in [0.25, 0.3) is 0 Å². The minimum atomic E-state index is -0.691. The van der Waals surface area contributed by atoms with Crippen molar-refractivity contribution in [1.82, 2.24) is 15.1 Å². The zero-order valence-corrected chi connectivity index (χ0v) is 13.6. The lowest BCUT2D eigenvalue weighted by molar-refractivity contribution is -0.121. The van der Waals surface area contributed by atoms with E-state index in [4.69, 9.17) is 0 Å². The summed E-state index contributed by atoms with van der Waals surface area (Å²) in [4.78, 5) is 12.0. The largest absolute Gasteiger partial charge is 0.387 e. The van der Waals surface area contributed by atoms with Crippen molar-refractivity contribution in [1.29, 1.82) is 0 Å². The van der Waals surface area contributed by atoms with Crippen LogP contribution in [0.3, 0.4) is 0 Å². The maximum Gasteiger partial charge on any atom is 0.221 e. The van der Waals surface area contributed by atoms with Crippen molar-refractivity contribution in [2.75, 3.05) is 6.54 Å². The van der Waals surface area contributed by atoms with Gasteiger partial charge in [0.05, 0.1) is 24.4 Å². The number of amides is 1. The Morgan fingerprint density at radius 2 is 2.04 bits per heavy atom. The van der Waals surface area contributed by atoms with E-state index in [1.165, 1.54) is 5.56 Å². The topological polar surface area (TPSA) is 67.2 Å². The number of aliphatic hydroxyl groups excluding tert-OH is 1. The van der Waals surface area contributed by atoms with Crippen LogP contribution in [0.2, 0.25) is 0 Å². The third-order valence-corrected chi connectivity index (χ3v) is 4.02. The van der Waals surface area contributed by atoms with E-state index in [0.29, 0.717) is 13.0 Å². The number of nitrogens with zero attached hydrogens (tertiary/aromatic N) is 2. The Kier molecular flexibility index (Phi) is 4.91. The van der Waals surface area contributed by atoms with Crippen molar-refractivity contribution >= 4 is 16.8 Å². The first-order valence-electron chi connectivity index (χ1n) is 8.05. The average molecular weight is 323 g/mol. The van der Waals surface area contributed by atoms with Gasteiger partial charge in [-0.05, 0) is 24.6 Å². The van der Waals surface area contributed by atoms with Gasteiger partial charge in [-0.15, -0.1) is 0 Å². The molecule has 5 nitrogen and oxygen atoms in total. The van der Waals surface area contributed by atoms with Crippen LogP contribution < -0.4 is 5.32 Å². The van der Waals surface area contributed by atoms with E-state index in [1.54, 1.807) is 0 Å². The second-order valence-corrected chi connectivity index (χ2v) is 5.91. The number of carbonyl (C=O) groups is 1. The third-order valence-electron chi connectivity index (χ3n) is 4.02. The number of aliphatic hydroxyl groups is 1. The molecule has 3 rings (SSSR count). The highest BCUT2D eigenvalue weighted by atomic mass is 16.3. The molecule has 3 aromatic rings. The molecule has 5 heteroatoms. The van der Waals surface area contributed by atoms with E-state index in [2.05, 4.69) is 16.5 Å². The molecule has 24 heavy (non-hydrogen) atoms. The molecule has 0 aliphatic rings. The number of hydrogen-bond acceptors (Lipinski definition) is 3. The van der Waals surface area contributed by atoms with E-state index in [0.717, 1.165) is 16.5 Å². The summed E-state index contributed by atoms with van der Waals surface area (Å²) in [6.45, 7) is 2.77. The SMILES string of the molecule is Cc1ccc2c(cnn2CCC(=O)NCC(O)c2ccccc2)c1. The molecule has 124 valence electrons. The lowest BCUT2D eigenvalue weighted by Gasteiger charge is -2.12. The van der Waals surface area contributed by atoms with Crippen LogP contribution >= 0.6 is 0 Å². The van der Waals surface area contributed by atoms with Gasteiger partial charge in [-0.2, -0.15) is 5.10 Å². The Bertz CT molecular complexity index is 827. The molecular weight excluding hydrogens is 302 g/mol. The van der Waals surface area contributed by atoms with E-state index < -0.39 is 6.10 Å². The van der Waals surface area contributed by atoms with Gasteiger partial charge in [0, 0.05) is 18.4 Å². The van der Waals surface area contributed by atoms with Crippen LogP contribution in [-0.2, 0) is 11.3 Å². The summed E-state index contributed by atoms with van der Waals surface area (Å²) >= 11 is 0. The molecule has 1 atom stereocenters. The zero-order chi connectivity index (χ0) is 16.9. The predicted octanol–water partition coefficient (Wildman–Crippen LogP) is 2.58. The van der Waals surface area contributed by atoms with Crippen molar-refractivity contribution in [2.24, 2.45) is 0 Å². The molecule has 0 aliphatic carbocycles. The minimum absolute atomic E-state index is 0.0965. The van der Waals surface area contributed by atoms with Crippen molar-refractivity contribution in [3.63, 3.8) is 0 Å². The van der Waals surface area contributed by atoms with Gasteiger partial charge < -0.3 is 10.4 Å². The summed E-state index contributed by atoms with van der Waals surface area (Å²) in [5, 5.41) is 18.2. The van der Waals surface area contributed by atoms with Gasteiger partial charge in [0.2, 0.25) is 5.91 Å². The maximum atomic E-state index is 12.0. The summed E-state index contributed by atoms with van der Waals surface area (Å²) < 4.78 is 1.84. The van der Waals surface area contributed by atoms with E-state index in [9.17, 15) is 9.90 Å². The lowest BCUT2D eigenvalue weighted by Crippen LogP contribution is -2.29. The fraction of sp³-hybridized carbons (Fsp3) is 0.263. The molecule has 0 bridgehead atoms. The van der Waals surface area contributed by atoms with Crippen LogP contribution in [0.4, 0.5) is 0 Å². The predicted molar refractivity (Wildman–Crippen MR) is 93.5 cm³/mol. The van der Waals surface area contributed by atoms with Crippen molar-refractivity contribution < 1.29 is 9.90 Å². The van der Waals surface area contributed by atoms with Crippen LogP contribution in [0, 0.1) is 6.92 Å². The summed E-state index contributed by atoms with van der Waals surface area (Å²) in [6, 6.07) is 15.4. The molecule has 1 amide bonds. The van der Waals surface area contributed by atoms with Gasteiger partial charge in [-0.25, -0.2) is 0 Å². The second kappa shape index (κ2) is 7.27. The third kappa shape index (κ3) is 3.81. The molecule has 1 heterocycles. The van der Waals surface area contributed by atoms with Gasteiger partial charge in [-0.3, -0.25) is 9.48 Å². The lowest BCUT2D eigenvalue weighted by atomic mass is 10.1. The Morgan fingerprint density at radius 1 is 1.25 bits per heavy atom. The maximum absolute atomic E-state index is 12.0. The Morgan fingerprint density at radius 3 is 2.83 bits per heavy atom. The van der Waals surface area contributed by atoms with Crippen LogP contribution in [0.1, 0.15) is 23.7 Å². The number of fused-ring (bicyclic) bond motifs is 1. The minimum Gasteiger partial charge on any atom is -0.387 e. The monoisotopic (exact) mass is 323 g/mol. The molecule has 1 unspecified atom stereocenters. The number of nitrogens with one attached hydrogen (secondary N) is 1. The molecule has 0 radical (unpaired) electrons. The summed E-state index contributed by atoms with van der Waals surface area (Å²) in [5.74, 6) is -0.0965. The first kappa shape index (κ1) is 16.2. The highest BCUT2D eigenvalue weighted by molar-refractivity contribution is 5.80. The molecule has 0 spiro atoms. The van der Waals surface area contributed by atoms with Crippen LogP contribution in [0.5, 0.6) is 0 Å². The first-order chi connectivity index (χ1) is 11.6. The first-order valence-corrected chi connectivity index (χ1v) is 8.05. The Balaban J connectivity index is 1.52. The van der Waals surface area contributed by atoms with Crippen LogP contribution in [0.25, 0.3) is 10.9 Å². The van der Waals surface area contributed by atoms with E-state index >= 15 is 0 Å².